The number of carbonyl (C=O) groups is 1. The summed E-state index contributed by atoms with van der Waals surface area (Å²) in [5.41, 5.74) is 0.127. The van der Waals surface area contributed by atoms with E-state index in [4.69, 9.17) is 9.84 Å². The Balaban J connectivity index is 0.00000529. The summed E-state index contributed by atoms with van der Waals surface area (Å²) >= 11 is 0. The van der Waals surface area contributed by atoms with Crippen molar-refractivity contribution < 1.29 is 57.2 Å². The van der Waals surface area contributed by atoms with E-state index < -0.39 is 15.5 Å². The summed E-state index contributed by atoms with van der Waals surface area (Å²) in [6.45, 7) is 5.26. The first kappa shape index (κ1) is 23.6. The largest absolute Gasteiger partial charge is 1.00 e. The number of carbonyl (C=O) groups excluding carboxylic acids is 1. The Kier molecular flexibility index (Phi) is 9.71. The Hall–Kier alpha value is -0.440. The number of benzene rings is 1. The zero-order valence-electron chi connectivity index (χ0n) is 14.6. The van der Waals surface area contributed by atoms with Crippen molar-refractivity contribution >= 4 is 16.1 Å². The second-order valence-electron chi connectivity index (χ2n) is 6.08. The predicted octanol–water partition coefficient (Wildman–Crippen LogP) is -0.960. The molecule has 0 saturated carbocycles. The summed E-state index contributed by atoms with van der Waals surface area (Å²) in [5.74, 6) is -0.362. The van der Waals surface area contributed by atoms with Crippen LogP contribution in [0.25, 0.3) is 0 Å². The second-order valence-corrected chi connectivity index (χ2v) is 7.46. The molecule has 1 aromatic rings. The fourth-order valence-corrected chi connectivity index (χ4v) is 2.91. The fourth-order valence-electron chi connectivity index (χ4n) is 2.44. The van der Waals surface area contributed by atoms with Gasteiger partial charge in [-0.1, -0.05) is 19.1 Å². The molecule has 0 aliphatic carbocycles. The minimum Gasteiger partial charge on any atom is -0.744 e. The van der Waals surface area contributed by atoms with Gasteiger partial charge in [0.15, 0.2) is 0 Å². The van der Waals surface area contributed by atoms with Gasteiger partial charge < -0.3 is 14.4 Å². The molecule has 1 rings (SSSR count). The molecule has 0 bridgehead atoms. The summed E-state index contributed by atoms with van der Waals surface area (Å²) in [6, 6.07) is 5.79. The molecule has 6 nitrogen and oxygen atoms in total. The van der Waals surface area contributed by atoms with E-state index in [2.05, 4.69) is 0 Å². The SMILES string of the molecule is CCC(CC(C)(C)C(=O)OCCO)c1ccc(S(=O)(=O)[O-])cc1.[Na+]. The molecular weight excluding hydrogens is 343 g/mol. The van der Waals surface area contributed by atoms with Gasteiger partial charge >= 0.3 is 35.5 Å². The quantitative estimate of drug-likeness (QED) is 0.361. The summed E-state index contributed by atoms with van der Waals surface area (Å²) in [6.07, 6.45) is 1.26. The molecule has 0 saturated heterocycles. The number of aliphatic hydroxyl groups excluding tert-OH is 1. The van der Waals surface area contributed by atoms with Gasteiger partial charge in [0.05, 0.1) is 16.9 Å². The third kappa shape index (κ3) is 6.82. The van der Waals surface area contributed by atoms with E-state index in [9.17, 15) is 17.8 Å². The van der Waals surface area contributed by atoms with Crippen LogP contribution in [0.3, 0.4) is 0 Å². The summed E-state index contributed by atoms with van der Waals surface area (Å²) in [7, 11) is -4.46. The van der Waals surface area contributed by atoms with Crippen molar-refractivity contribution in [2.75, 3.05) is 13.2 Å². The van der Waals surface area contributed by atoms with Gasteiger partial charge in [-0.15, -0.1) is 0 Å². The van der Waals surface area contributed by atoms with Crippen LogP contribution in [0.2, 0.25) is 0 Å². The molecule has 0 amide bonds. The molecule has 1 aromatic carbocycles. The molecule has 0 fully saturated rings. The van der Waals surface area contributed by atoms with E-state index in [1.54, 1.807) is 26.0 Å². The monoisotopic (exact) mass is 366 g/mol. The Labute approximate surface area is 165 Å². The van der Waals surface area contributed by atoms with Crippen LogP contribution < -0.4 is 29.6 Å². The molecule has 0 aromatic heterocycles. The van der Waals surface area contributed by atoms with E-state index in [0.29, 0.717) is 6.42 Å². The molecule has 24 heavy (non-hydrogen) atoms. The summed E-state index contributed by atoms with van der Waals surface area (Å²) in [5, 5.41) is 8.73. The summed E-state index contributed by atoms with van der Waals surface area (Å²) in [4.78, 5) is 11.8. The fraction of sp³-hybridized carbons (Fsp3) is 0.562. The van der Waals surface area contributed by atoms with Crippen molar-refractivity contribution in [1.29, 1.82) is 0 Å². The van der Waals surface area contributed by atoms with Gasteiger partial charge in [-0.2, -0.15) is 0 Å². The van der Waals surface area contributed by atoms with Crippen LogP contribution in [0.1, 0.15) is 45.1 Å². The Morgan fingerprint density at radius 1 is 1.29 bits per heavy atom. The van der Waals surface area contributed by atoms with E-state index in [1.807, 2.05) is 6.92 Å². The molecule has 0 aliphatic rings. The number of hydrogen-bond donors (Lipinski definition) is 1. The van der Waals surface area contributed by atoms with E-state index in [-0.39, 0.29) is 59.6 Å². The number of ether oxygens (including phenoxy) is 1. The van der Waals surface area contributed by atoms with E-state index in [1.165, 1.54) is 12.1 Å². The molecule has 0 spiro atoms. The van der Waals surface area contributed by atoms with E-state index >= 15 is 0 Å². The first-order chi connectivity index (χ1) is 10.6. The first-order valence-electron chi connectivity index (χ1n) is 7.45. The first-order valence-corrected chi connectivity index (χ1v) is 8.86. The zero-order valence-corrected chi connectivity index (χ0v) is 17.4. The van der Waals surface area contributed by atoms with Gasteiger partial charge in [0.2, 0.25) is 0 Å². The van der Waals surface area contributed by atoms with E-state index in [0.717, 1.165) is 12.0 Å². The van der Waals surface area contributed by atoms with Crippen molar-refractivity contribution in [3.8, 4) is 0 Å². The van der Waals surface area contributed by atoms with Gasteiger partial charge in [-0.3, -0.25) is 4.79 Å². The topological polar surface area (TPSA) is 104 Å². The van der Waals surface area contributed by atoms with Crippen LogP contribution >= 0.6 is 0 Å². The smallest absolute Gasteiger partial charge is 0.744 e. The predicted molar refractivity (Wildman–Crippen MR) is 83.9 cm³/mol. The third-order valence-electron chi connectivity index (χ3n) is 3.77. The van der Waals surface area contributed by atoms with Gasteiger partial charge in [0.25, 0.3) is 0 Å². The molecule has 0 heterocycles. The van der Waals surface area contributed by atoms with Gasteiger partial charge in [-0.05, 0) is 50.3 Å². The Morgan fingerprint density at radius 2 is 1.83 bits per heavy atom. The Morgan fingerprint density at radius 3 is 2.25 bits per heavy atom. The van der Waals surface area contributed by atoms with Crippen LogP contribution in [0, 0.1) is 5.41 Å². The molecule has 0 aliphatic heterocycles. The van der Waals surface area contributed by atoms with Crippen molar-refractivity contribution in [3.63, 3.8) is 0 Å². The number of rotatable bonds is 8. The van der Waals surface area contributed by atoms with Crippen LogP contribution in [-0.4, -0.2) is 37.3 Å². The molecule has 1 unspecified atom stereocenters. The molecule has 1 atom stereocenters. The van der Waals surface area contributed by atoms with Gasteiger partial charge in [0.1, 0.15) is 16.7 Å². The van der Waals surface area contributed by atoms with Crippen LogP contribution in [0.15, 0.2) is 29.2 Å². The van der Waals surface area contributed by atoms with Crippen LogP contribution in [0.5, 0.6) is 0 Å². The maximum Gasteiger partial charge on any atom is 1.00 e. The molecule has 130 valence electrons. The van der Waals surface area contributed by atoms with Crippen LogP contribution in [-0.2, 0) is 19.6 Å². The standard InChI is InChI=1S/C16H24O6S.Na/c1-4-12(11-16(2,3)15(18)22-10-9-17)13-5-7-14(8-6-13)23(19,20)21;/h5-8,12,17H,4,9-11H2,1-3H3,(H,19,20,21);/q;+1/p-1. The number of aliphatic hydroxyl groups is 1. The molecule has 0 radical (unpaired) electrons. The summed E-state index contributed by atoms with van der Waals surface area (Å²) < 4.78 is 37.9. The number of hydrogen-bond acceptors (Lipinski definition) is 6. The average Bonchev–Trinajstić information content (AvgIpc) is 2.49. The maximum absolute atomic E-state index is 12.0. The van der Waals surface area contributed by atoms with Crippen LogP contribution in [0.4, 0.5) is 0 Å². The molecule has 8 heteroatoms. The van der Waals surface area contributed by atoms with Crippen molar-refractivity contribution in [2.45, 2.75) is 44.4 Å². The molecular formula is C16H23NaO6S. The second kappa shape index (κ2) is 9.89. The van der Waals surface area contributed by atoms with Gasteiger partial charge in [0, 0.05) is 0 Å². The van der Waals surface area contributed by atoms with Crippen molar-refractivity contribution in [1.82, 2.24) is 0 Å². The minimum absolute atomic E-state index is 0. The Bertz CT molecular complexity index is 624. The van der Waals surface area contributed by atoms with Crippen molar-refractivity contribution in [3.05, 3.63) is 29.8 Å². The van der Waals surface area contributed by atoms with Crippen molar-refractivity contribution in [2.24, 2.45) is 5.41 Å². The third-order valence-corrected chi connectivity index (χ3v) is 4.62. The number of esters is 1. The van der Waals surface area contributed by atoms with Gasteiger partial charge in [-0.25, -0.2) is 8.42 Å². The zero-order chi connectivity index (χ0) is 17.7. The average molecular weight is 366 g/mol. The maximum atomic E-state index is 12.0. The normalized spacial score (nSPS) is 13.0. The minimum atomic E-state index is -4.46. The molecule has 1 N–H and O–H groups in total.